The first-order valence-corrected chi connectivity index (χ1v) is 39.4. The minimum Gasteiger partial charge on any atom is -0.394 e. The summed E-state index contributed by atoms with van der Waals surface area (Å²) in [5.41, 5.74) is 43.4. The highest BCUT2D eigenvalue weighted by molar-refractivity contribution is 6.31. The number of hydrogen-bond acceptors (Lipinski definition) is 36. The van der Waals surface area contributed by atoms with E-state index < -0.39 is 5.82 Å². The van der Waals surface area contributed by atoms with Crippen molar-refractivity contribution in [3.05, 3.63) is 108 Å². The average Bonchev–Trinajstić information content (AvgIpc) is 1.56. The molecule has 0 spiro atoms. The van der Waals surface area contributed by atoms with Crippen LogP contribution in [0.15, 0.2) is 85.5 Å². The zero-order valence-corrected chi connectivity index (χ0v) is 67.8. The molecule has 632 valence electrons. The smallest absolute Gasteiger partial charge is 0.222 e. The maximum absolute atomic E-state index is 13.2. The van der Waals surface area contributed by atoms with Crippen LogP contribution < -0.4 is 66.3 Å². The number of halogens is 2. The van der Waals surface area contributed by atoms with Crippen LogP contribution in [0.2, 0.25) is 5.02 Å². The molecule has 38 heteroatoms. The Balaban J connectivity index is 0.000000218. The predicted molar refractivity (Wildman–Crippen MR) is 467 cm³/mol. The molecule has 0 aliphatic carbocycles. The van der Waals surface area contributed by atoms with Gasteiger partial charge < -0.3 is 96.9 Å². The van der Waals surface area contributed by atoms with E-state index in [4.69, 9.17) is 46.0 Å². The van der Waals surface area contributed by atoms with Gasteiger partial charge in [0.1, 0.15) is 38.9 Å². The molecule has 12 aromatic rings. The first kappa shape index (κ1) is 94.4. The number of anilines is 12. The number of aliphatic hydroxyl groups is 6. The lowest BCUT2D eigenvalue weighted by Gasteiger charge is -2.17. The molecule has 24 N–H and O–H groups in total. The Morgan fingerprint density at radius 1 is 0.325 bits per heavy atom. The van der Waals surface area contributed by atoms with Gasteiger partial charge >= 0.3 is 0 Å². The maximum Gasteiger partial charge on any atom is 0.222 e. The molecule has 117 heavy (non-hydrogen) atoms. The van der Waals surface area contributed by atoms with Crippen molar-refractivity contribution < 1.29 is 35.0 Å². The monoisotopic (exact) mass is 1630 g/mol. The van der Waals surface area contributed by atoms with E-state index in [1.54, 1.807) is 30.6 Å². The quantitative estimate of drug-likeness (QED) is 0.0178. The second-order valence-electron chi connectivity index (χ2n) is 27.3. The van der Waals surface area contributed by atoms with Crippen LogP contribution in [0.3, 0.4) is 0 Å². The van der Waals surface area contributed by atoms with E-state index in [0.29, 0.717) is 106 Å². The number of unbranched alkanes of at least 4 members (excludes halogenated alkanes) is 4. The van der Waals surface area contributed by atoms with Crippen molar-refractivity contribution >= 4 is 148 Å². The van der Waals surface area contributed by atoms with Gasteiger partial charge in [-0.15, -0.1) is 0 Å². The van der Waals surface area contributed by atoms with Crippen molar-refractivity contribution in [1.29, 1.82) is 0 Å². The summed E-state index contributed by atoms with van der Waals surface area (Å²) in [6.45, 7) is 16.6. The molecule has 0 radical (unpaired) electrons. The van der Waals surface area contributed by atoms with E-state index >= 15 is 0 Å². The maximum atomic E-state index is 13.2. The summed E-state index contributed by atoms with van der Waals surface area (Å²) in [7, 11) is 0. The third kappa shape index (κ3) is 29.6. The number of aryl methyl sites for hydroxylation is 2. The fraction of sp³-hybridized carbons (Fsp3) is 0.468. The molecule has 0 saturated carbocycles. The summed E-state index contributed by atoms with van der Waals surface area (Å²) in [5.74, 6) is 3.80. The molecule has 0 fully saturated rings. The van der Waals surface area contributed by atoms with Crippen LogP contribution in [0.5, 0.6) is 0 Å². The normalized spacial score (nSPS) is 12.4. The first-order valence-electron chi connectivity index (χ1n) is 39.0. The highest BCUT2D eigenvalue weighted by atomic mass is 35.5. The van der Waals surface area contributed by atoms with Gasteiger partial charge in [-0.2, -0.15) is 29.9 Å². The SMILES string of the molecule is C.CCCC[C@H](CO)Nc1nc(N)nc2cc(Cl)cnc12.CCCC[C@H](CO)Nc1nc(N)nc2cc(F)cnc12.CCCC[C@H](CO)Nc1nc(N)nc2ccc(C)nc12.CCCC[C@H](CO)Nc1nc(N)nc2cccnc12.CCC[C@H](CO)Nc1nc(N)nc2ccc(C)nc12.CCC[C@H](CO)Nc1nc(N)nc2cccnc12. The van der Waals surface area contributed by atoms with Crippen LogP contribution in [0, 0.1) is 19.7 Å². The molecule has 6 atom stereocenters. The number of hydrogen-bond donors (Lipinski definition) is 18. The van der Waals surface area contributed by atoms with E-state index in [-0.39, 0.29) is 119 Å². The number of nitrogen functional groups attached to an aromatic ring is 6. The molecule has 0 aliphatic rings. The predicted octanol–water partition coefficient (Wildman–Crippen LogP) is 10.7. The van der Waals surface area contributed by atoms with Gasteiger partial charge in [-0.3, -0.25) is 9.97 Å². The van der Waals surface area contributed by atoms with Crippen LogP contribution in [0.25, 0.3) is 66.2 Å². The summed E-state index contributed by atoms with van der Waals surface area (Å²) in [6, 6.07) is 17.3. The van der Waals surface area contributed by atoms with E-state index in [1.165, 1.54) is 12.3 Å². The molecule has 12 heterocycles. The lowest BCUT2D eigenvalue weighted by Crippen LogP contribution is -2.24. The second kappa shape index (κ2) is 49.4. The lowest BCUT2D eigenvalue weighted by atomic mass is 10.1. The standard InChI is InChI=1S/C14H21N5O.C13H18ClN5O.C13H18FN5O.2C13H19N5O.C12H17N5O.CH4/c1-3-4-5-10(8-20)17-13-12-11(18-14(15)19-13)7-6-9(2)16-12;2*1-2-3-4-9(7-20)17-12-11-10(18-13(15)19-12)5-8(14)6-16-11;1-3-4-9(7-19)16-12-11-10(17-13(14)18-12)6-5-8(2)15-11;1-2-3-5-9(8-19)16-12-11-10(6-4-7-15-11)17-13(14)18-12;1-2-4-8(7-18)15-11-10-9(5-3-6-14-10)16-12(13)17-11;/h6-7,10,20H,3-5,8H2,1-2H3,(H3,15,17,18,19);2*5-6,9,20H,2-4,7H2,1H3,(H3,15,17,18,19);5-6,9,19H,3-4,7H2,1-2H3,(H3,14,16,17,18);4,6-7,9,19H,2-3,5,8H2,1H3,(H3,14,16,17,18);3,5-6,8,18H,2,4,7H2,1H3,(H3,13,15,16,17);1H4/t10-;4*9-;8-;/m111111./s1. The Kier molecular flexibility index (Phi) is 39.9. The number of nitrogens with two attached hydrogens (primary N) is 6. The topological polar surface area (TPSA) is 582 Å². The van der Waals surface area contributed by atoms with Gasteiger partial charge in [0, 0.05) is 36.0 Å². The zero-order valence-electron chi connectivity index (χ0n) is 67.1. The summed E-state index contributed by atoms with van der Waals surface area (Å²) >= 11 is 5.90. The molecular formula is C79H116ClFN30O6. The number of aliphatic hydroxyl groups excluding tert-OH is 6. The van der Waals surface area contributed by atoms with Crippen molar-refractivity contribution in [3.63, 3.8) is 0 Å². The second-order valence-corrected chi connectivity index (χ2v) is 27.7. The summed E-state index contributed by atoms with van der Waals surface area (Å²) in [4.78, 5) is 75.3. The minimum absolute atomic E-state index is 0. The van der Waals surface area contributed by atoms with E-state index in [0.717, 1.165) is 120 Å². The molecule has 12 rings (SSSR count). The van der Waals surface area contributed by atoms with Gasteiger partial charge in [-0.25, -0.2) is 54.2 Å². The number of pyridine rings is 6. The van der Waals surface area contributed by atoms with E-state index in [1.807, 2.05) is 50.2 Å². The molecule has 12 aromatic heterocycles. The van der Waals surface area contributed by atoms with Crippen LogP contribution >= 0.6 is 11.6 Å². The highest BCUT2D eigenvalue weighted by Gasteiger charge is 2.20. The molecular weight excluding hydrogens is 1520 g/mol. The average molecular weight is 1640 g/mol. The van der Waals surface area contributed by atoms with Gasteiger partial charge in [0.2, 0.25) is 35.7 Å². The fourth-order valence-electron chi connectivity index (χ4n) is 11.8. The van der Waals surface area contributed by atoms with Crippen LogP contribution in [0.1, 0.15) is 163 Å². The third-order valence-electron chi connectivity index (χ3n) is 17.6. The van der Waals surface area contributed by atoms with E-state index in [9.17, 15) is 35.0 Å². The Labute approximate surface area is 685 Å². The van der Waals surface area contributed by atoms with Crippen molar-refractivity contribution in [1.82, 2.24) is 89.7 Å². The van der Waals surface area contributed by atoms with Gasteiger partial charge in [0.25, 0.3) is 0 Å². The third-order valence-corrected chi connectivity index (χ3v) is 17.9. The Morgan fingerprint density at radius 3 is 0.889 bits per heavy atom. The molecule has 36 nitrogen and oxygen atoms in total. The number of aromatic nitrogens is 18. The Bertz CT molecular complexity index is 4900. The Hall–Kier alpha value is -11.5. The molecule has 0 aliphatic heterocycles. The van der Waals surface area contributed by atoms with Gasteiger partial charge in [-0.05, 0) is 107 Å². The lowest BCUT2D eigenvalue weighted by molar-refractivity contribution is 0.266. The molecule has 0 unspecified atom stereocenters. The first-order chi connectivity index (χ1) is 56.0. The molecule has 0 amide bonds. The number of nitrogens with zero attached hydrogens (tertiary/aromatic N) is 18. The largest absolute Gasteiger partial charge is 0.394 e. The molecule has 0 saturated heterocycles. The molecule has 0 aromatic carbocycles. The summed E-state index contributed by atoms with van der Waals surface area (Å²) < 4.78 is 13.2. The van der Waals surface area contributed by atoms with Crippen LogP contribution in [-0.4, -0.2) is 196 Å². The molecule has 0 bridgehead atoms. The summed E-state index contributed by atoms with van der Waals surface area (Å²) in [6.07, 6.45) is 21.5. The van der Waals surface area contributed by atoms with Crippen LogP contribution in [0.4, 0.5) is 75.0 Å². The van der Waals surface area contributed by atoms with Gasteiger partial charge in [0.15, 0.2) is 34.9 Å². The Morgan fingerprint density at radius 2 is 0.590 bits per heavy atom. The van der Waals surface area contributed by atoms with Crippen molar-refractivity contribution in [2.24, 2.45) is 0 Å². The fourth-order valence-corrected chi connectivity index (χ4v) is 11.9. The van der Waals surface area contributed by atoms with Gasteiger partial charge in [-0.1, -0.05) is 125 Å². The van der Waals surface area contributed by atoms with Crippen LogP contribution in [-0.2, 0) is 0 Å². The number of rotatable bonds is 34. The van der Waals surface area contributed by atoms with E-state index in [2.05, 4.69) is 163 Å². The van der Waals surface area contributed by atoms with Gasteiger partial charge in [0.05, 0.1) is 120 Å². The van der Waals surface area contributed by atoms with Crippen molar-refractivity contribution in [2.75, 3.05) is 106 Å². The number of nitrogens with one attached hydrogen (secondary N) is 6. The zero-order chi connectivity index (χ0) is 84.1. The van der Waals surface area contributed by atoms with Crippen molar-refractivity contribution in [3.8, 4) is 0 Å². The highest BCUT2D eigenvalue weighted by Crippen LogP contribution is 2.28. The number of fused-ring (bicyclic) bond motifs is 6. The summed E-state index contributed by atoms with van der Waals surface area (Å²) in [5, 5.41) is 75.9. The van der Waals surface area contributed by atoms with Crippen molar-refractivity contribution in [2.45, 2.75) is 202 Å². The minimum atomic E-state index is -0.480.